The van der Waals surface area contributed by atoms with E-state index in [0.717, 1.165) is 19.1 Å². The van der Waals surface area contributed by atoms with E-state index in [0.29, 0.717) is 5.56 Å². The number of rotatable bonds is 4. The Bertz CT molecular complexity index is 896. The summed E-state index contributed by atoms with van der Waals surface area (Å²) in [5.41, 5.74) is -0.255. The van der Waals surface area contributed by atoms with Crippen molar-refractivity contribution in [2.45, 2.75) is 18.8 Å². The normalized spacial score (nSPS) is 19.7. The highest BCUT2D eigenvalue weighted by Gasteiger charge is 2.41. The Morgan fingerprint density at radius 2 is 1.89 bits per heavy atom. The van der Waals surface area contributed by atoms with Crippen molar-refractivity contribution < 1.29 is 27.2 Å². The minimum atomic E-state index is -3.07. The second-order valence-corrected chi connectivity index (χ2v) is 6.43. The Morgan fingerprint density at radius 3 is 2.59 bits per heavy atom. The van der Waals surface area contributed by atoms with Gasteiger partial charge in [0.2, 0.25) is 11.8 Å². The summed E-state index contributed by atoms with van der Waals surface area (Å²) in [4.78, 5) is 24.7. The summed E-state index contributed by atoms with van der Waals surface area (Å²) in [5, 5.41) is 4.72. The first-order chi connectivity index (χ1) is 12.7. The SMILES string of the molecule is CC(F)(F)c1cccc([C@H]2CNC(=O)[C@@H]2C(=O)Nc2cccc(F)c2F)c1. The smallest absolute Gasteiger partial charge is 0.270 e. The average Bonchev–Trinajstić information content (AvgIpc) is 3.00. The Labute approximate surface area is 152 Å². The molecule has 0 unspecified atom stereocenters. The van der Waals surface area contributed by atoms with Crippen LogP contribution in [-0.2, 0) is 15.5 Å². The zero-order chi connectivity index (χ0) is 19.8. The Morgan fingerprint density at radius 1 is 1.19 bits per heavy atom. The van der Waals surface area contributed by atoms with E-state index >= 15 is 0 Å². The molecule has 1 saturated heterocycles. The molecule has 0 aromatic heterocycles. The van der Waals surface area contributed by atoms with Crippen molar-refractivity contribution in [2.75, 3.05) is 11.9 Å². The van der Waals surface area contributed by atoms with E-state index in [-0.39, 0.29) is 12.1 Å². The number of benzene rings is 2. The van der Waals surface area contributed by atoms with E-state index in [9.17, 15) is 27.2 Å². The van der Waals surface area contributed by atoms with Crippen LogP contribution in [0.4, 0.5) is 23.2 Å². The lowest BCUT2D eigenvalue weighted by Gasteiger charge is -2.19. The summed E-state index contributed by atoms with van der Waals surface area (Å²) in [6.45, 7) is 0.822. The minimum absolute atomic E-state index is 0.0707. The van der Waals surface area contributed by atoms with Gasteiger partial charge < -0.3 is 10.6 Å². The molecule has 0 aliphatic carbocycles. The maximum Gasteiger partial charge on any atom is 0.270 e. The molecular weight excluding hydrogens is 364 g/mol. The van der Waals surface area contributed by atoms with Crippen molar-refractivity contribution in [1.82, 2.24) is 5.32 Å². The predicted molar refractivity (Wildman–Crippen MR) is 90.2 cm³/mol. The van der Waals surface area contributed by atoms with Gasteiger partial charge in [-0.1, -0.05) is 24.3 Å². The molecule has 2 atom stereocenters. The zero-order valence-corrected chi connectivity index (χ0v) is 14.2. The van der Waals surface area contributed by atoms with E-state index in [1.54, 1.807) is 6.07 Å². The third-order valence-electron chi connectivity index (χ3n) is 4.49. The van der Waals surface area contributed by atoms with E-state index in [1.165, 1.54) is 24.3 Å². The summed E-state index contributed by atoms with van der Waals surface area (Å²) in [5.74, 6) is -8.87. The van der Waals surface area contributed by atoms with Crippen LogP contribution < -0.4 is 10.6 Å². The Kier molecular flexibility index (Phi) is 4.91. The first kappa shape index (κ1) is 18.9. The first-order valence-corrected chi connectivity index (χ1v) is 8.19. The number of anilines is 1. The summed E-state index contributed by atoms with van der Waals surface area (Å²) >= 11 is 0. The molecule has 2 N–H and O–H groups in total. The van der Waals surface area contributed by atoms with Gasteiger partial charge in [-0.15, -0.1) is 0 Å². The zero-order valence-electron chi connectivity index (χ0n) is 14.2. The van der Waals surface area contributed by atoms with Crippen LogP contribution >= 0.6 is 0 Å². The molecule has 8 heteroatoms. The van der Waals surface area contributed by atoms with E-state index < -0.39 is 46.9 Å². The molecule has 1 heterocycles. The van der Waals surface area contributed by atoms with Crippen LogP contribution in [0.15, 0.2) is 42.5 Å². The van der Waals surface area contributed by atoms with E-state index in [4.69, 9.17) is 0 Å². The Balaban J connectivity index is 1.88. The molecule has 0 saturated carbocycles. The van der Waals surface area contributed by atoms with Gasteiger partial charge in [0, 0.05) is 24.9 Å². The van der Waals surface area contributed by atoms with Crippen molar-refractivity contribution in [2.24, 2.45) is 5.92 Å². The third kappa shape index (κ3) is 3.79. The topological polar surface area (TPSA) is 58.2 Å². The fraction of sp³-hybridized carbons (Fsp3) is 0.263. The molecule has 0 spiro atoms. The number of halogens is 4. The van der Waals surface area contributed by atoms with Gasteiger partial charge in [0.1, 0.15) is 5.92 Å². The molecule has 0 radical (unpaired) electrons. The molecule has 4 nitrogen and oxygen atoms in total. The highest BCUT2D eigenvalue weighted by atomic mass is 19.3. The van der Waals surface area contributed by atoms with Gasteiger partial charge in [0.15, 0.2) is 11.6 Å². The van der Waals surface area contributed by atoms with Crippen molar-refractivity contribution >= 4 is 17.5 Å². The molecule has 27 heavy (non-hydrogen) atoms. The molecule has 2 amide bonds. The van der Waals surface area contributed by atoms with Gasteiger partial charge >= 0.3 is 0 Å². The maximum atomic E-state index is 13.8. The highest BCUT2D eigenvalue weighted by molar-refractivity contribution is 6.08. The lowest BCUT2D eigenvalue weighted by molar-refractivity contribution is -0.130. The monoisotopic (exact) mass is 380 g/mol. The second kappa shape index (κ2) is 7.02. The summed E-state index contributed by atoms with van der Waals surface area (Å²) in [6, 6.07) is 8.74. The molecule has 0 bridgehead atoms. The molecular formula is C19H16F4N2O2. The summed E-state index contributed by atoms with van der Waals surface area (Å²) in [6.07, 6.45) is 0. The van der Waals surface area contributed by atoms with Gasteiger partial charge in [-0.3, -0.25) is 9.59 Å². The lowest BCUT2D eigenvalue weighted by Crippen LogP contribution is -2.32. The predicted octanol–water partition coefficient (Wildman–Crippen LogP) is 3.54. The number of carbonyl (C=O) groups is 2. The van der Waals surface area contributed by atoms with Crippen molar-refractivity contribution in [3.8, 4) is 0 Å². The molecule has 2 aromatic carbocycles. The molecule has 2 aromatic rings. The van der Waals surface area contributed by atoms with E-state index in [2.05, 4.69) is 10.6 Å². The second-order valence-electron chi connectivity index (χ2n) is 6.43. The quantitative estimate of drug-likeness (QED) is 0.630. The van der Waals surface area contributed by atoms with Crippen LogP contribution in [0, 0.1) is 17.6 Å². The van der Waals surface area contributed by atoms with Gasteiger partial charge in [-0.2, -0.15) is 0 Å². The lowest BCUT2D eigenvalue weighted by atomic mass is 9.86. The van der Waals surface area contributed by atoms with Crippen LogP contribution in [-0.4, -0.2) is 18.4 Å². The molecule has 142 valence electrons. The minimum Gasteiger partial charge on any atom is -0.355 e. The van der Waals surface area contributed by atoms with Crippen molar-refractivity contribution in [3.63, 3.8) is 0 Å². The molecule has 1 aliphatic heterocycles. The van der Waals surface area contributed by atoms with Gasteiger partial charge in [-0.05, 0) is 23.8 Å². The van der Waals surface area contributed by atoms with Crippen LogP contribution in [0.1, 0.15) is 24.0 Å². The molecule has 3 rings (SSSR count). The number of nitrogens with one attached hydrogen (secondary N) is 2. The molecule has 1 fully saturated rings. The van der Waals surface area contributed by atoms with Gasteiger partial charge in [0.25, 0.3) is 5.92 Å². The van der Waals surface area contributed by atoms with Crippen LogP contribution in [0.25, 0.3) is 0 Å². The highest BCUT2D eigenvalue weighted by Crippen LogP contribution is 2.34. The van der Waals surface area contributed by atoms with Gasteiger partial charge in [-0.25, -0.2) is 17.6 Å². The first-order valence-electron chi connectivity index (χ1n) is 8.19. The number of hydrogen-bond acceptors (Lipinski definition) is 2. The van der Waals surface area contributed by atoms with Crippen LogP contribution in [0.3, 0.4) is 0 Å². The van der Waals surface area contributed by atoms with Crippen molar-refractivity contribution in [1.29, 1.82) is 0 Å². The summed E-state index contributed by atoms with van der Waals surface area (Å²) < 4.78 is 54.3. The number of carbonyl (C=O) groups excluding carboxylic acids is 2. The standard InChI is InChI=1S/C19H16F4N2O2/c1-19(22,23)11-5-2-4-10(8-11)12-9-24-17(26)15(12)18(27)25-14-7-3-6-13(20)16(14)21/h2-8,12,15H,9H2,1H3,(H,24,26)(H,25,27)/t12-,15-/m1/s1. The van der Waals surface area contributed by atoms with E-state index in [1.807, 2.05) is 0 Å². The average molecular weight is 380 g/mol. The third-order valence-corrected chi connectivity index (χ3v) is 4.49. The largest absolute Gasteiger partial charge is 0.355 e. The number of amides is 2. The summed E-state index contributed by atoms with van der Waals surface area (Å²) in [7, 11) is 0. The fourth-order valence-corrected chi connectivity index (χ4v) is 3.09. The van der Waals surface area contributed by atoms with Gasteiger partial charge in [0.05, 0.1) is 5.69 Å². The number of hydrogen-bond donors (Lipinski definition) is 2. The van der Waals surface area contributed by atoms with Crippen LogP contribution in [0.2, 0.25) is 0 Å². The number of alkyl halides is 2. The fourth-order valence-electron chi connectivity index (χ4n) is 3.09. The molecule has 1 aliphatic rings. The maximum absolute atomic E-state index is 13.8. The van der Waals surface area contributed by atoms with Crippen LogP contribution in [0.5, 0.6) is 0 Å². The Hall–Kier alpha value is -2.90. The van der Waals surface area contributed by atoms with Crippen molar-refractivity contribution in [3.05, 3.63) is 65.2 Å².